The Morgan fingerprint density at radius 2 is 2.29 bits per heavy atom. The van der Waals surface area contributed by atoms with Gasteiger partial charge in [0.2, 0.25) is 0 Å². The molecule has 0 N–H and O–H groups in total. The minimum absolute atomic E-state index is 0.413. The van der Waals surface area contributed by atoms with Crippen LogP contribution in [0.4, 0.5) is 0 Å². The van der Waals surface area contributed by atoms with Gasteiger partial charge in [0.15, 0.2) is 0 Å². The molecule has 0 heterocycles. The average molecular weight is 250 g/mol. The maximum absolute atomic E-state index is 10.7. The summed E-state index contributed by atoms with van der Waals surface area (Å²) in [7, 11) is 1.80. The zero-order valence-electron chi connectivity index (χ0n) is 10.1. The van der Waals surface area contributed by atoms with Crippen LogP contribution in [0.25, 0.3) is 0 Å². The molecular weight excluding hydrogens is 232 g/mol. The average Bonchev–Trinajstić information content (AvgIpc) is 2.39. The van der Waals surface area contributed by atoms with E-state index in [2.05, 4.69) is 6.07 Å². The van der Waals surface area contributed by atoms with Crippen molar-refractivity contribution in [3.63, 3.8) is 0 Å². The number of carbonyl (C=O) groups is 1. The molecule has 3 heteroatoms. The summed E-state index contributed by atoms with van der Waals surface area (Å²) in [6.45, 7) is 0. The molecule has 0 amide bonds. The van der Waals surface area contributed by atoms with Gasteiger partial charge in [0.1, 0.15) is 6.29 Å². The predicted octanol–water partition coefficient (Wildman–Crippen LogP) is 3.55. The van der Waals surface area contributed by atoms with Gasteiger partial charge >= 0.3 is 0 Å². The van der Waals surface area contributed by atoms with E-state index in [-0.39, 0.29) is 0 Å². The number of ether oxygens (including phenoxy) is 1. The van der Waals surface area contributed by atoms with Crippen molar-refractivity contribution in [2.24, 2.45) is 0 Å². The number of benzene rings is 1. The van der Waals surface area contributed by atoms with Crippen molar-refractivity contribution in [2.45, 2.75) is 41.9 Å². The lowest BCUT2D eigenvalue weighted by Gasteiger charge is -2.27. The lowest BCUT2D eigenvalue weighted by molar-refractivity contribution is 0.0730. The Hall–Kier alpha value is -0.800. The van der Waals surface area contributed by atoms with Gasteiger partial charge in [0, 0.05) is 22.8 Å². The zero-order valence-corrected chi connectivity index (χ0v) is 10.9. The fraction of sp³-hybridized carbons (Fsp3) is 0.500. The monoisotopic (exact) mass is 250 g/mol. The lowest BCUT2D eigenvalue weighted by atomic mass is 9.97. The van der Waals surface area contributed by atoms with E-state index in [1.54, 1.807) is 7.11 Å². The van der Waals surface area contributed by atoms with Gasteiger partial charge in [-0.2, -0.15) is 0 Å². The maximum Gasteiger partial charge on any atom is 0.150 e. The van der Waals surface area contributed by atoms with E-state index in [4.69, 9.17) is 4.74 Å². The first-order valence-corrected chi connectivity index (χ1v) is 6.94. The highest BCUT2D eigenvalue weighted by atomic mass is 32.2. The van der Waals surface area contributed by atoms with Crippen LogP contribution in [0.2, 0.25) is 0 Å². The Labute approximate surface area is 107 Å². The number of hydrogen-bond acceptors (Lipinski definition) is 3. The van der Waals surface area contributed by atoms with Crippen molar-refractivity contribution in [2.75, 3.05) is 7.11 Å². The molecule has 1 aromatic rings. The minimum atomic E-state index is 0.413. The van der Waals surface area contributed by atoms with E-state index in [9.17, 15) is 4.79 Å². The molecule has 0 saturated heterocycles. The maximum atomic E-state index is 10.7. The molecule has 1 aromatic carbocycles. The summed E-state index contributed by atoms with van der Waals surface area (Å²) in [4.78, 5) is 11.9. The summed E-state index contributed by atoms with van der Waals surface area (Å²) >= 11 is 1.87. The third kappa shape index (κ3) is 3.58. The summed E-state index contributed by atoms with van der Waals surface area (Å²) in [6.07, 6.45) is 6.10. The van der Waals surface area contributed by atoms with Crippen LogP contribution in [0.5, 0.6) is 0 Å². The van der Waals surface area contributed by atoms with Crippen molar-refractivity contribution >= 4 is 18.0 Å². The van der Waals surface area contributed by atoms with Gasteiger partial charge in [-0.3, -0.25) is 4.79 Å². The van der Waals surface area contributed by atoms with E-state index in [0.717, 1.165) is 18.3 Å². The van der Waals surface area contributed by atoms with Crippen molar-refractivity contribution in [3.05, 3.63) is 29.8 Å². The highest BCUT2D eigenvalue weighted by molar-refractivity contribution is 8.00. The molecule has 2 unspecified atom stereocenters. The summed E-state index contributed by atoms with van der Waals surface area (Å²) in [5.41, 5.74) is 0.758. The Morgan fingerprint density at radius 1 is 1.41 bits per heavy atom. The number of methoxy groups -OCH3 is 1. The van der Waals surface area contributed by atoms with Crippen LogP contribution in [-0.2, 0) is 4.74 Å². The Kier molecular flexibility index (Phi) is 4.63. The fourth-order valence-corrected chi connectivity index (χ4v) is 3.62. The molecule has 0 aliphatic heterocycles. The van der Waals surface area contributed by atoms with Crippen molar-refractivity contribution in [1.29, 1.82) is 0 Å². The first-order chi connectivity index (χ1) is 8.31. The fourth-order valence-electron chi connectivity index (χ4n) is 2.28. The normalized spacial score (nSPS) is 24.5. The van der Waals surface area contributed by atoms with Crippen LogP contribution in [0.1, 0.15) is 36.0 Å². The third-order valence-corrected chi connectivity index (χ3v) is 4.50. The number of hydrogen-bond donors (Lipinski definition) is 0. The van der Waals surface area contributed by atoms with Gasteiger partial charge < -0.3 is 4.74 Å². The van der Waals surface area contributed by atoms with E-state index < -0.39 is 0 Å². The second kappa shape index (κ2) is 6.22. The molecule has 0 aromatic heterocycles. The van der Waals surface area contributed by atoms with E-state index in [1.165, 1.54) is 24.2 Å². The van der Waals surface area contributed by atoms with Gasteiger partial charge in [0.05, 0.1) is 6.10 Å². The summed E-state index contributed by atoms with van der Waals surface area (Å²) in [5, 5.41) is 0.621. The lowest BCUT2D eigenvalue weighted by Crippen LogP contribution is -2.23. The molecule has 1 fully saturated rings. The van der Waals surface area contributed by atoms with Crippen molar-refractivity contribution < 1.29 is 9.53 Å². The van der Waals surface area contributed by atoms with Gasteiger partial charge in [-0.05, 0) is 37.8 Å². The van der Waals surface area contributed by atoms with Crippen LogP contribution < -0.4 is 0 Å². The van der Waals surface area contributed by atoms with Crippen molar-refractivity contribution in [3.8, 4) is 0 Å². The van der Waals surface area contributed by atoms with Crippen LogP contribution in [-0.4, -0.2) is 24.7 Å². The molecule has 1 aliphatic carbocycles. The van der Waals surface area contributed by atoms with Crippen LogP contribution in [0.3, 0.4) is 0 Å². The van der Waals surface area contributed by atoms with Crippen LogP contribution >= 0.6 is 11.8 Å². The second-order valence-corrected chi connectivity index (χ2v) is 5.83. The molecule has 0 bridgehead atoms. The molecular formula is C14H18O2S. The summed E-state index contributed by atoms with van der Waals surface area (Å²) < 4.78 is 5.43. The van der Waals surface area contributed by atoms with E-state index in [1.807, 2.05) is 30.0 Å². The third-order valence-electron chi connectivity index (χ3n) is 3.21. The Morgan fingerprint density at radius 3 is 3.06 bits per heavy atom. The highest BCUT2D eigenvalue weighted by Crippen LogP contribution is 2.34. The van der Waals surface area contributed by atoms with Crippen LogP contribution in [0.15, 0.2) is 29.2 Å². The molecule has 0 spiro atoms. The molecule has 2 nitrogen and oxygen atoms in total. The largest absolute Gasteiger partial charge is 0.381 e. The van der Waals surface area contributed by atoms with E-state index in [0.29, 0.717) is 11.4 Å². The second-order valence-electron chi connectivity index (χ2n) is 4.45. The van der Waals surface area contributed by atoms with Gasteiger partial charge in [0.25, 0.3) is 0 Å². The topological polar surface area (TPSA) is 26.3 Å². The highest BCUT2D eigenvalue weighted by Gasteiger charge is 2.22. The molecule has 92 valence electrons. The zero-order chi connectivity index (χ0) is 12.1. The Balaban J connectivity index is 1.97. The van der Waals surface area contributed by atoms with Gasteiger partial charge in [-0.25, -0.2) is 0 Å². The predicted molar refractivity (Wildman–Crippen MR) is 70.7 cm³/mol. The molecule has 17 heavy (non-hydrogen) atoms. The van der Waals surface area contributed by atoms with Crippen molar-refractivity contribution in [1.82, 2.24) is 0 Å². The first-order valence-electron chi connectivity index (χ1n) is 6.06. The standard InChI is InChI=1S/C14H18O2S/c1-16-12-5-3-7-14(9-12)17-13-6-2-4-11(8-13)10-15/h2,4,6,8,10,12,14H,3,5,7,9H2,1H3. The minimum Gasteiger partial charge on any atom is -0.381 e. The van der Waals surface area contributed by atoms with Crippen LogP contribution in [0, 0.1) is 0 Å². The van der Waals surface area contributed by atoms with Gasteiger partial charge in [-0.15, -0.1) is 11.8 Å². The SMILES string of the molecule is COC1CCCC(Sc2cccc(C=O)c2)C1. The molecule has 1 saturated carbocycles. The number of thioether (sulfide) groups is 1. The quantitative estimate of drug-likeness (QED) is 0.764. The molecule has 0 radical (unpaired) electrons. The summed E-state index contributed by atoms with van der Waals surface area (Å²) in [6, 6.07) is 7.83. The first kappa shape index (κ1) is 12.7. The van der Waals surface area contributed by atoms with Gasteiger partial charge in [-0.1, -0.05) is 12.1 Å². The molecule has 2 rings (SSSR count). The number of rotatable bonds is 4. The number of carbonyl (C=O) groups excluding carboxylic acids is 1. The molecule has 2 atom stereocenters. The van der Waals surface area contributed by atoms with E-state index >= 15 is 0 Å². The summed E-state index contributed by atoms with van der Waals surface area (Å²) in [5.74, 6) is 0. The Bertz CT molecular complexity index is 378. The smallest absolute Gasteiger partial charge is 0.150 e. The number of aldehydes is 1. The molecule has 1 aliphatic rings.